The van der Waals surface area contributed by atoms with Gasteiger partial charge in [0.15, 0.2) is 0 Å². The summed E-state index contributed by atoms with van der Waals surface area (Å²) < 4.78 is 0. The van der Waals surface area contributed by atoms with Gasteiger partial charge in [-0.25, -0.2) is 9.78 Å². The second-order valence-corrected chi connectivity index (χ2v) is 5.99. The molecule has 0 saturated carbocycles. The monoisotopic (exact) mass is 357 g/mol. The number of carbonyl (C=O) groups excluding carboxylic acids is 1. The van der Waals surface area contributed by atoms with Crippen molar-refractivity contribution in [2.75, 3.05) is 0 Å². The van der Waals surface area contributed by atoms with Gasteiger partial charge in [0.05, 0.1) is 21.6 Å². The van der Waals surface area contributed by atoms with Gasteiger partial charge in [0.2, 0.25) is 0 Å². The van der Waals surface area contributed by atoms with Gasteiger partial charge >= 0.3 is 5.97 Å². The van der Waals surface area contributed by atoms with E-state index >= 15 is 0 Å². The minimum absolute atomic E-state index is 0.214. The number of carbonyl (C=O) groups is 2. The van der Waals surface area contributed by atoms with Gasteiger partial charge < -0.3 is 15.4 Å². The summed E-state index contributed by atoms with van der Waals surface area (Å²) in [4.78, 5) is 31.3. The van der Waals surface area contributed by atoms with Crippen LogP contribution in [-0.2, 0) is 11.2 Å². The van der Waals surface area contributed by atoms with Crippen LogP contribution in [0, 0.1) is 0 Å². The van der Waals surface area contributed by atoms with Gasteiger partial charge in [-0.3, -0.25) is 4.79 Å². The zero-order valence-electron chi connectivity index (χ0n) is 13.2. The molecular formula is C18H16ClN3O3. The number of benzene rings is 2. The van der Waals surface area contributed by atoms with Crippen molar-refractivity contribution in [2.24, 2.45) is 0 Å². The molecule has 0 aliphatic heterocycles. The number of para-hydroxylation sites is 2. The molecule has 7 heteroatoms. The number of amides is 1. The molecule has 1 heterocycles. The summed E-state index contributed by atoms with van der Waals surface area (Å²) in [6, 6.07) is 13.0. The number of imidazole rings is 1. The Morgan fingerprint density at radius 3 is 2.60 bits per heavy atom. The fraction of sp³-hybridized carbons (Fsp3) is 0.167. The number of fused-ring (bicyclic) bond motifs is 1. The molecule has 0 saturated heterocycles. The molecule has 3 rings (SSSR count). The molecule has 0 bridgehead atoms. The fourth-order valence-corrected chi connectivity index (χ4v) is 2.77. The van der Waals surface area contributed by atoms with Crippen LogP contribution in [0.4, 0.5) is 0 Å². The average Bonchev–Trinajstić information content (AvgIpc) is 3.01. The number of hydrogen-bond acceptors (Lipinski definition) is 3. The molecule has 0 radical (unpaired) electrons. The number of nitrogens with zero attached hydrogens (tertiary/aromatic N) is 1. The Hall–Kier alpha value is -2.86. The second kappa shape index (κ2) is 7.36. The van der Waals surface area contributed by atoms with Crippen LogP contribution in [0.2, 0.25) is 5.02 Å². The van der Waals surface area contributed by atoms with Crippen LogP contribution in [0.3, 0.4) is 0 Å². The highest BCUT2D eigenvalue weighted by molar-refractivity contribution is 6.33. The summed E-state index contributed by atoms with van der Waals surface area (Å²) in [6.07, 6.45) is 0.611. The van der Waals surface area contributed by atoms with Crippen molar-refractivity contribution in [1.82, 2.24) is 15.3 Å². The fourth-order valence-electron chi connectivity index (χ4n) is 2.54. The van der Waals surface area contributed by atoms with Crippen LogP contribution < -0.4 is 5.32 Å². The van der Waals surface area contributed by atoms with E-state index in [-0.39, 0.29) is 17.0 Å². The van der Waals surface area contributed by atoms with Gasteiger partial charge in [-0.15, -0.1) is 0 Å². The number of H-pyrrole nitrogens is 1. The zero-order chi connectivity index (χ0) is 17.8. The molecule has 0 fully saturated rings. The highest BCUT2D eigenvalue weighted by Gasteiger charge is 2.22. The maximum Gasteiger partial charge on any atom is 0.326 e. The highest BCUT2D eigenvalue weighted by Crippen LogP contribution is 2.16. The van der Waals surface area contributed by atoms with Gasteiger partial charge in [-0.2, -0.15) is 0 Å². The number of aryl methyl sites for hydroxylation is 1. The molecule has 1 atom stereocenters. The van der Waals surface area contributed by atoms with E-state index in [9.17, 15) is 14.7 Å². The van der Waals surface area contributed by atoms with E-state index in [1.165, 1.54) is 0 Å². The third kappa shape index (κ3) is 3.97. The summed E-state index contributed by atoms with van der Waals surface area (Å²) >= 11 is 5.98. The first-order valence-corrected chi connectivity index (χ1v) is 8.14. The number of halogens is 1. The van der Waals surface area contributed by atoms with Crippen LogP contribution in [-0.4, -0.2) is 33.0 Å². The van der Waals surface area contributed by atoms with E-state index in [2.05, 4.69) is 15.3 Å². The standard InChI is InChI=1S/C18H16ClN3O3/c19-12-6-2-1-5-11(12)17(23)22-15(18(24)25)9-10-16-20-13-7-3-4-8-14(13)21-16/h1-8,15H,9-10H2,(H,20,21)(H,22,23)(H,24,25). The van der Waals surface area contributed by atoms with Crippen LogP contribution in [0.5, 0.6) is 0 Å². The molecule has 3 aromatic rings. The van der Waals surface area contributed by atoms with Crippen molar-refractivity contribution in [3.8, 4) is 0 Å². The van der Waals surface area contributed by atoms with Crippen molar-refractivity contribution >= 4 is 34.5 Å². The Labute approximate surface area is 148 Å². The van der Waals surface area contributed by atoms with E-state index in [1.54, 1.807) is 24.3 Å². The number of aromatic amines is 1. The summed E-state index contributed by atoms with van der Waals surface area (Å²) in [5.74, 6) is -0.932. The van der Waals surface area contributed by atoms with E-state index in [4.69, 9.17) is 11.6 Å². The summed E-state index contributed by atoms with van der Waals surface area (Å²) in [5, 5.41) is 12.2. The largest absolute Gasteiger partial charge is 0.480 e. The van der Waals surface area contributed by atoms with Crippen molar-refractivity contribution in [1.29, 1.82) is 0 Å². The lowest BCUT2D eigenvalue weighted by molar-refractivity contribution is -0.139. The summed E-state index contributed by atoms with van der Waals surface area (Å²) in [7, 11) is 0. The van der Waals surface area contributed by atoms with Crippen LogP contribution in [0.25, 0.3) is 11.0 Å². The smallest absolute Gasteiger partial charge is 0.326 e. The average molecular weight is 358 g/mol. The van der Waals surface area contributed by atoms with E-state index in [0.29, 0.717) is 12.2 Å². The molecule has 0 aliphatic rings. The SMILES string of the molecule is O=C(NC(CCc1nc2ccccc2[nH]1)C(=O)O)c1ccccc1Cl. The topological polar surface area (TPSA) is 95.1 Å². The Balaban J connectivity index is 1.68. The third-order valence-electron chi connectivity index (χ3n) is 3.83. The minimum Gasteiger partial charge on any atom is -0.480 e. The molecule has 1 aromatic heterocycles. The predicted molar refractivity (Wildman–Crippen MR) is 94.8 cm³/mol. The van der Waals surface area contributed by atoms with Gasteiger partial charge in [0, 0.05) is 6.42 Å². The number of hydrogen-bond donors (Lipinski definition) is 3. The van der Waals surface area contributed by atoms with Gasteiger partial charge in [0.25, 0.3) is 5.91 Å². The lowest BCUT2D eigenvalue weighted by Gasteiger charge is -2.14. The van der Waals surface area contributed by atoms with Crippen molar-refractivity contribution in [3.05, 3.63) is 64.9 Å². The number of rotatable bonds is 6. The van der Waals surface area contributed by atoms with Crippen LogP contribution in [0.15, 0.2) is 48.5 Å². The second-order valence-electron chi connectivity index (χ2n) is 5.58. The molecule has 128 valence electrons. The lowest BCUT2D eigenvalue weighted by Crippen LogP contribution is -2.41. The Morgan fingerprint density at radius 1 is 1.16 bits per heavy atom. The Kier molecular flexibility index (Phi) is 5.00. The van der Waals surface area contributed by atoms with E-state index < -0.39 is 17.9 Å². The van der Waals surface area contributed by atoms with E-state index in [0.717, 1.165) is 11.0 Å². The molecule has 1 unspecified atom stereocenters. The summed E-state index contributed by atoms with van der Waals surface area (Å²) in [5.41, 5.74) is 1.97. The minimum atomic E-state index is -1.10. The zero-order valence-corrected chi connectivity index (χ0v) is 14.0. The Morgan fingerprint density at radius 2 is 1.88 bits per heavy atom. The van der Waals surface area contributed by atoms with Gasteiger partial charge in [0.1, 0.15) is 11.9 Å². The molecule has 3 N–H and O–H groups in total. The first-order valence-electron chi connectivity index (χ1n) is 7.76. The van der Waals surface area contributed by atoms with Crippen LogP contribution in [0.1, 0.15) is 22.6 Å². The molecule has 0 aliphatic carbocycles. The lowest BCUT2D eigenvalue weighted by atomic mass is 10.1. The highest BCUT2D eigenvalue weighted by atomic mass is 35.5. The third-order valence-corrected chi connectivity index (χ3v) is 4.16. The number of aromatic nitrogens is 2. The maximum absolute atomic E-state index is 12.3. The van der Waals surface area contributed by atoms with Crippen molar-refractivity contribution in [2.45, 2.75) is 18.9 Å². The first kappa shape index (κ1) is 17.0. The van der Waals surface area contributed by atoms with Crippen LogP contribution >= 0.6 is 11.6 Å². The normalized spacial score (nSPS) is 12.0. The number of carboxylic acids is 1. The van der Waals surface area contributed by atoms with Crippen molar-refractivity contribution < 1.29 is 14.7 Å². The van der Waals surface area contributed by atoms with E-state index in [1.807, 2.05) is 24.3 Å². The number of nitrogens with one attached hydrogen (secondary N) is 2. The molecule has 6 nitrogen and oxygen atoms in total. The molecule has 25 heavy (non-hydrogen) atoms. The molecule has 1 amide bonds. The predicted octanol–water partition coefficient (Wildman–Crippen LogP) is 3.03. The van der Waals surface area contributed by atoms with Gasteiger partial charge in [-0.05, 0) is 30.7 Å². The summed E-state index contributed by atoms with van der Waals surface area (Å²) in [6.45, 7) is 0. The Bertz CT molecular complexity index is 890. The number of aliphatic carboxylic acids is 1. The number of carboxylic acid groups (broad SMARTS) is 1. The van der Waals surface area contributed by atoms with Gasteiger partial charge in [-0.1, -0.05) is 35.9 Å². The quantitative estimate of drug-likeness (QED) is 0.632. The molecule has 0 spiro atoms. The maximum atomic E-state index is 12.3. The van der Waals surface area contributed by atoms with Crippen molar-refractivity contribution in [3.63, 3.8) is 0 Å². The molecule has 2 aromatic carbocycles. The molecular weight excluding hydrogens is 342 g/mol. The first-order chi connectivity index (χ1) is 12.0.